The lowest BCUT2D eigenvalue weighted by molar-refractivity contribution is -0.113. The molecule has 2 aliphatic rings. The van der Waals surface area contributed by atoms with Crippen molar-refractivity contribution in [2.24, 2.45) is 0 Å². The molecule has 0 aromatic heterocycles. The van der Waals surface area contributed by atoms with Crippen molar-refractivity contribution >= 4 is 12.1 Å². The summed E-state index contributed by atoms with van der Waals surface area (Å²) in [6.07, 6.45) is 9.50. The fourth-order valence-corrected chi connectivity index (χ4v) is 3.10. The van der Waals surface area contributed by atoms with Gasteiger partial charge >= 0.3 is 0 Å². The predicted molar refractivity (Wildman–Crippen MR) is 87.1 cm³/mol. The average molecular weight is 314 g/mol. The Morgan fingerprint density at radius 3 is 2.96 bits per heavy atom. The molecule has 1 aliphatic heterocycles. The molecule has 1 aliphatic carbocycles. The molecule has 4 nitrogen and oxygen atoms in total. The van der Waals surface area contributed by atoms with Crippen molar-refractivity contribution in [3.8, 4) is 11.5 Å². The van der Waals surface area contributed by atoms with E-state index >= 15 is 0 Å². The first-order valence-electron chi connectivity index (χ1n) is 8.36. The van der Waals surface area contributed by atoms with Crippen LogP contribution in [0, 0.1) is 0 Å². The minimum atomic E-state index is -0.463. The van der Waals surface area contributed by atoms with E-state index in [0.29, 0.717) is 36.5 Å². The van der Waals surface area contributed by atoms with Crippen molar-refractivity contribution in [2.45, 2.75) is 51.0 Å². The second-order valence-corrected chi connectivity index (χ2v) is 6.12. The molecule has 0 saturated carbocycles. The van der Waals surface area contributed by atoms with Crippen LogP contribution in [-0.4, -0.2) is 24.8 Å². The maximum Gasteiger partial charge on any atom is 0.169 e. The molecule has 3 rings (SSSR count). The zero-order valence-electron chi connectivity index (χ0n) is 13.3. The molecule has 0 N–H and O–H groups in total. The largest absolute Gasteiger partial charge is 0.492 e. The van der Waals surface area contributed by atoms with Crippen LogP contribution in [0.2, 0.25) is 0 Å². The van der Waals surface area contributed by atoms with Crippen LogP contribution in [0.25, 0.3) is 0 Å². The standard InChI is InChI=1S/C19H22O4/c20-13-16(7-6-14-4-2-1-3-5-14)23-15-8-9-17-18(21)10-11-22-19(17)12-15/h4,8-9,12-13,16H,1-3,5-7,10-11H2. The normalized spacial score (nSPS) is 18.4. The van der Waals surface area contributed by atoms with Crippen LogP contribution in [-0.2, 0) is 4.79 Å². The van der Waals surface area contributed by atoms with Crippen molar-refractivity contribution in [1.82, 2.24) is 0 Å². The van der Waals surface area contributed by atoms with E-state index in [1.165, 1.54) is 18.4 Å². The Morgan fingerprint density at radius 1 is 1.26 bits per heavy atom. The minimum absolute atomic E-state index is 0.0916. The van der Waals surface area contributed by atoms with Gasteiger partial charge in [-0.2, -0.15) is 0 Å². The molecule has 0 bridgehead atoms. The Labute approximate surface area is 136 Å². The summed E-state index contributed by atoms with van der Waals surface area (Å²) in [6, 6.07) is 5.17. The Kier molecular flexibility index (Phi) is 5.11. The summed E-state index contributed by atoms with van der Waals surface area (Å²) in [5.41, 5.74) is 2.03. The van der Waals surface area contributed by atoms with E-state index < -0.39 is 6.10 Å². The summed E-state index contributed by atoms with van der Waals surface area (Å²) in [7, 11) is 0. The number of rotatable bonds is 6. The second-order valence-electron chi connectivity index (χ2n) is 6.12. The van der Waals surface area contributed by atoms with E-state index in [1.807, 2.05) is 0 Å². The van der Waals surface area contributed by atoms with Crippen LogP contribution in [0.15, 0.2) is 29.8 Å². The summed E-state index contributed by atoms with van der Waals surface area (Å²) in [4.78, 5) is 23.1. The van der Waals surface area contributed by atoms with Crippen molar-refractivity contribution in [1.29, 1.82) is 0 Å². The number of hydrogen-bond donors (Lipinski definition) is 0. The minimum Gasteiger partial charge on any atom is -0.492 e. The first kappa shape index (κ1) is 15.8. The summed E-state index contributed by atoms with van der Waals surface area (Å²) >= 11 is 0. The number of ketones is 1. The van der Waals surface area contributed by atoms with Crippen LogP contribution < -0.4 is 9.47 Å². The maximum atomic E-state index is 11.8. The van der Waals surface area contributed by atoms with Gasteiger partial charge in [-0.25, -0.2) is 0 Å². The van der Waals surface area contributed by atoms with E-state index in [1.54, 1.807) is 18.2 Å². The highest BCUT2D eigenvalue weighted by atomic mass is 16.5. The van der Waals surface area contributed by atoms with Gasteiger partial charge in [0.05, 0.1) is 12.2 Å². The molecule has 0 radical (unpaired) electrons. The number of carbonyl (C=O) groups excluding carboxylic acids is 2. The van der Waals surface area contributed by atoms with Gasteiger partial charge in [0, 0.05) is 12.5 Å². The van der Waals surface area contributed by atoms with Crippen LogP contribution >= 0.6 is 0 Å². The molecule has 23 heavy (non-hydrogen) atoms. The van der Waals surface area contributed by atoms with Gasteiger partial charge < -0.3 is 9.47 Å². The van der Waals surface area contributed by atoms with Crippen LogP contribution in [0.1, 0.15) is 55.3 Å². The van der Waals surface area contributed by atoms with E-state index in [-0.39, 0.29) is 5.78 Å². The predicted octanol–water partition coefficient (Wildman–Crippen LogP) is 3.88. The lowest BCUT2D eigenvalue weighted by Gasteiger charge is -2.19. The second kappa shape index (κ2) is 7.44. The first-order chi connectivity index (χ1) is 11.3. The number of benzene rings is 1. The lowest BCUT2D eigenvalue weighted by Crippen LogP contribution is -2.19. The van der Waals surface area contributed by atoms with Crippen LogP contribution in [0.5, 0.6) is 11.5 Å². The van der Waals surface area contributed by atoms with Crippen molar-refractivity contribution < 1.29 is 19.1 Å². The smallest absolute Gasteiger partial charge is 0.169 e. The summed E-state index contributed by atoms with van der Waals surface area (Å²) in [5, 5.41) is 0. The molecule has 1 atom stereocenters. The van der Waals surface area contributed by atoms with Gasteiger partial charge in [-0.15, -0.1) is 0 Å². The van der Waals surface area contributed by atoms with Crippen molar-refractivity contribution in [2.75, 3.05) is 6.61 Å². The summed E-state index contributed by atoms with van der Waals surface area (Å²) in [5.74, 6) is 1.22. The Hall–Kier alpha value is -2.10. The van der Waals surface area contributed by atoms with Crippen molar-refractivity contribution in [3.05, 3.63) is 35.4 Å². The quantitative estimate of drug-likeness (QED) is 0.590. The van der Waals surface area contributed by atoms with E-state index in [0.717, 1.165) is 25.5 Å². The molecular weight excluding hydrogens is 292 g/mol. The number of carbonyl (C=O) groups is 2. The number of Topliss-reactive ketones (excluding diaryl/α,β-unsaturated/α-hetero) is 1. The van der Waals surface area contributed by atoms with Gasteiger partial charge in [0.2, 0.25) is 0 Å². The topological polar surface area (TPSA) is 52.6 Å². The molecule has 1 aromatic rings. The van der Waals surface area contributed by atoms with E-state index in [2.05, 4.69) is 6.08 Å². The monoisotopic (exact) mass is 314 g/mol. The number of ether oxygens (including phenoxy) is 2. The third-order valence-corrected chi connectivity index (χ3v) is 4.41. The SMILES string of the molecule is O=CC(CCC1=CCCCC1)Oc1ccc2c(c1)OCCC2=O. The zero-order chi connectivity index (χ0) is 16.1. The van der Waals surface area contributed by atoms with Gasteiger partial charge in [0.1, 0.15) is 11.5 Å². The number of aldehydes is 1. The Morgan fingerprint density at radius 2 is 2.17 bits per heavy atom. The molecule has 0 amide bonds. The number of allylic oxidation sites excluding steroid dienone is 2. The summed E-state index contributed by atoms with van der Waals surface area (Å²) < 4.78 is 11.3. The average Bonchev–Trinajstić information content (AvgIpc) is 2.59. The Bertz CT molecular complexity index is 618. The van der Waals surface area contributed by atoms with Gasteiger partial charge in [-0.05, 0) is 50.7 Å². The van der Waals surface area contributed by atoms with Gasteiger partial charge in [-0.1, -0.05) is 11.6 Å². The van der Waals surface area contributed by atoms with E-state index in [4.69, 9.17) is 9.47 Å². The molecule has 0 spiro atoms. The third-order valence-electron chi connectivity index (χ3n) is 4.41. The first-order valence-corrected chi connectivity index (χ1v) is 8.36. The van der Waals surface area contributed by atoms with Gasteiger partial charge in [0.25, 0.3) is 0 Å². The molecule has 1 aromatic carbocycles. The summed E-state index contributed by atoms with van der Waals surface area (Å²) in [6.45, 7) is 0.403. The lowest BCUT2D eigenvalue weighted by atomic mass is 9.95. The van der Waals surface area contributed by atoms with Crippen LogP contribution in [0.4, 0.5) is 0 Å². The fourth-order valence-electron chi connectivity index (χ4n) is 3.10. The molecule has 1 heterocycles. The molecule has 122 valence electrons. The third kappa shape index (κ3) is 4.01. The molecule has 0 fully saturated rings. The fraction of sp³-hybridized carbons (Fsp3) is 0.474. The van der Waals surface area contributed by atoms with Crippen molar-refractivity contribution in [3.63, 3.8) is 0 Å². The highest BCUT2D eigenvalue weighted by Gasteiger charge is 2.20. The van der Waals surface area contributed by atoms with Gasteiger partial charge in [-0.3, -0.25) is 9.59 Å². The molecule has 0 saturated heterocycles. The van der Waals surface area contributed by atoms with Gasteiger partial charge in [0.15, 0.2) is 18.2 Å². The highest BCUT2D eigenvalue weighted by Crippen LogP contribution is 2.30. The number of fused-ring (bicyclic) bond motifs is 1. The molecule has 4 heteroatoms. The zero-order valence-corrected chi connectivity index (χ0v) is 13.3. The molecule has 1 unspecified atom stereocenters. The van der Waals surface area contributed by atoms with Crippen LogP contribution in [0.3, 0.4) is 0 Å². The number of hydrogen-bond acceptors (Lipinski definition) is 4. The highest BCUT2D eigenvalue weighted by molar-refractivity contribution is 5.99. The Balaban J connectivity index is 1.61. The maximum absolute atomic E-state index is 11.8. The molecular formula is C19H22O4. The van der Waals surface area contributed by atoms with E-state index in [9.17, 15) is 9.59 Å².